The number of aryl methyl sites for hydroxylation is 2. The summed E-state index contributed by atoms with van der Waals surface area (Å²) in [6.45, 7) is 4.04. The number of hydrogen-bond acceptors (Lipinski definition) is 6. The summed E-state index contributed by atoms with van der Waals surface area (Å²) in [5.74, 6) is 1.28. The molecule has 3 aromatic rings. The summed E-state index contributed by atoms with van der Waals surface area (Å²) in [4.78, 5) is 17.1. The molecule has 1 aromatic carbocycles. The largest absolute Gasteiger partial charge is 0.484 e. The van der Waals surface area contributed by atoms with Gasteiger partial charge < -0.3 is 14.6 Å². The lowest BCUT2D eigenvalue weighted by atomic mass is 10.1. The summed E-state index contributed by atoms with van der Waals surface area (Å²) in [6, 6.07) is 7.60. The molecule has 0 aliphatic rings. The van der Waals surface area contributed by atoms with Crippen LogP contribution in [0.4, 0.5) is 0 Å². The first-order chi connectivity index (χ1) is 12.0. The quantitative estimate of drug-likeness (QED) is 0.653. The summed E-state index contributed by atoms with van der Waals surface area (Å²) >= 11 is 5.03. The number of halogens is 1. The summed E-state index contributed by atoms with van der Waals surface area (Å²) in [5, 5.41) is 8.54. The van der Waals surface area contributed by atoms with Crippen LogP contribution in [0.5, 0.6) is 5.75 Å². The maximum Gasteiger partial charge on any atom is 0.258 e. The zero-order valence-corrected chi connectivity index (χ0v) is 16.1. The molecule has 0 aliphatic heterocycles. The van der Waals surface area contributed by atoms with E-state index in [0.29, 0.717) is 17.5 Å². The average molecular weight is 422 g/mol. The lowest BCUT2D eigenvalue weighted by Gasteiger charge is -2.10. The fourth-order valence-electron chi connectivity index (χ4n) is 2.20. The predicted molar refractivity (Wildman–Crippen MR) is 98.6 cm³/mol. The highest BCUT2D eigenvalue weighted by Crippen LogP contribution is 2.26. The minimum atomic E-state index is -0.255. The molecule has 0 spiro atoms. The van der Waals surface area contributed by atoms with Gasteiger partial charge in [0.1, 0.15) is 5.75 Å². The van der Waals surface area contributed by atoms with Gasteiger partial charge in [0, 0.05) is 4.47 Å². The van der Waals surface area contributed by atoms with E-state index in [-0.39, 0.29) is 19.1 Å². The highest BCUT2D eigenvalue weighted by molar-refractivity contribution is 9.10. The van der Waals surface area contributed by atoms with Crippen LogP contribution in [-0.2, 0) is 11.3 Å². The highest BCUT2D eigenvalue weighted by atomic mass is 79.9. The van der Waals surface area contributed by atoms with Crippen molar-refractivity contribution in [1.82, 2.24) is 15.5 Å². The van der Waals surface area contributed by atoms with Crippen molar-refractivity contribution in [2.75, 3.05) is 6.61 Å². The molecule has 0 bridgehead atoms. The number of benzene rings is 1. The second-order valence-corrected chi connectivity index (χ2v) is 7.17. The summed E-state index contributed by atoms with van der Waals surface area (Å²) in [5.41, 5.74) is 2.12. The number of hydrogen-bond donors (Lipinski definition) is 1. The van der Waals surface area contributed by atoms with Crippen LogP contribution in [0.2, 0.25) is 0 Å². The van der Waals surface area contributed by atoms with Crippen molar-refractivity contribution in [1.29, 1.82) is 0 Å². The number of rotatable bonds is 6. The summed E-state index contributed by atoms with van der Waals surface area (Å²) in [6.07, 6.45) is 0. The van der Waals surface area contributed by atoms with E-state index in [0.717, 1.165) is 20.5 Å². The predicted octanol–water partition coefficient (Wildman–Crippen LogP) is 3.87. The van der Waals surface area contributed by atoms with Crippen molar-refractivity contribution in [3.8, 4) is 16.5 Å². The molecule has 6 nitrogen and oxygen atoms in total. The zero-order valence-electron chi connectivity index (χ0n) is 13.7. The van der Waals surface area contributed by atoms with Crippen LogP contribution >= 0.6 is 27.3 Å². The van der Waals surface area contributed by atoms with Crippen LogP contribution in [0.15, 0.2) is 38.6 Å². The fraction of sp³-hybridized carbons (Fsp3) is 0.235. The normalized spacial score (nSPS) is 10.7. The molecule has 2 aromatic heterocycles. The molecule has 0 fully saturated rings. The van der Waals surface area contributed by atoms with Crippen LogP contribution in [0.1, 0.15) is 17.0 Å². The van der Waals surface area contributed by atoms with Gasteiger partial charge in [-0.2, -0.15) is 4.98 Å². The third-order valence-electron chi connectivity index (χ3n) is 3.43. The van der Waals surface area contributed by atoms with E-state index in [9.17, 15) is 4.79 Å². The molecular formula is C17H16BrN3O3S. The van der Waals surface area contributed by atoms with E-state index in [1.165, 1.54) is 11.3 Å². The number of ether oxygens (including phenoxy) is 1. The highest BCUT2D eigenvalue weighted by Gasteiger charge is 2.11. The Morgan fingerprint density at radius 2 is 2.12 bits per heavy atom. The fourth-order valence-corrected chi connectivity index (χ4v) is 3.07. The van der Waals surface area contributed by atoms with Gasteiger partial charge in [0.05, 0.1) is 11.4 Å². The molecule has 0 atom stereocenters. The number of aromatic nitrogens is 2. The Morgan fingerprint density at radius 3 is 2.80 bits per heavy atom. The van der Waals surface area contributed by atoms with E-state index in [4.69, 9.17) is 9.26 Å². The van der Waals surface area contributed by atoms with Crippen molar-refractivity contribution >= 4 is 33.2 Å². The Bertz CT molecular complexity index is 854. The first kappa shape index (κ1) is 17.6. The smallest absolute Gasteiger partial charge is 0.258 e. The van der Waals surface area contributed by atoms with Crippen molar-refractivity contribution < 1.29 is 14.1 Å². The number of thiophene rings is 1. The first-order valence-corrected chi connectivity index (χ1v) is 9.23. The lowest BCUT2D eigenvalue weighted by molar-refractivity contribution is -0.123. The van der Waals surface area contributed by atoms with Crippen LogP contribution in [0, 0.1) is 13.8 Å². The van der Waals surface area contributed by atoms with Crippen molar-refractivity contribution in [3.05, 3.63) is 51.1 Å². The molecule has 0 radical (unpaired) electrons. The molecule has 130 valence electrons. The maximum absolute atomic E-state index is 11.9. The minimum Gasteiger partial charge on any atom is -0.484 e. The molecule has 8 heteroatoms. The molecule has 25 heavy (non-hydrogen) atoms. The number of nitrogens with zero attached hydrogens (tertiary/aromatic N) is 2. The Labute approximate surface area is 157 Å². The third-order valence-corrected chi connectivity index (χ3v) is 5.54. The standard InChI is InChI=1S/C17H16BrN3O3S/c1-10-6-12(7-11(2)16(10)18)23-9-14(22)19-8-15-20-17(21-24-15)13-4-3-5-25-13/h3-7H,8-9H2,1-2H3,(H,19,22). The first-order valence-electron chi connectivity index (χ1n) is 7.55. The topological polar surface area (TPSA) is 77.2 Å². The molecule has 3 rings (SSSR count). The maximum atomic E-state index is 11.9. The Hall–Kier alpha value is -2.19. The monoisotopic (exact) mass is 421 g/mol. The summed E-state index contributed by atoms with van der Waals surface area (Å²) in [7, 11) is 0. The lowest BCUT2D eigenvalue weighted by Crippen LogP contribution is -2.28. The van der Waals surface area contributed by atoms with Gasteiger partial charge in [-0.1, -0.05) is 27.2 Å². The van der Waals surface area contributed by atoms with Crippen LogP contribution in [-0.4, -0.2) is 22.7 Å². The molecule has 1 amide bonds. The molecule has 0 saturated heterocycles. The number of carbonyl (C=O) groups is 1. The average Bonchev–Trinajstić information content (AvgIpc) is 3.26. The van der Waals surface area contributed by atoms with Gasteiger partial charge in [-0.25, -0.2) is 0 Å². The van der Waals surface area contributed by atoms with Gasteiger partial charge in [0.2, 0.25) is 11.7 Å². The number of amides is 1. The van der Waals surface area contributed by atoms with Crippen LogP contribution < -0.4 is 10.1 Å². The second kappa shape index (κ2) is 7.79. The van der Waals surface area contributed by atoms with Gasteiger partial charge in [-0.3, -0.25) is 4.79 Å². The van der Waals surface area contributed by atoms with Gasteiger partial charge in [0.25, 0.3) is 5.91 Å². The molecule has 2 heterocycles. The van der Waals surface area contributed by atoms with Crippen molar-refractivity contribution in [2.24, 2.45) is 0 Å². The van der Waals surface area contributed by atoms with Crippen molar-refractivity contribution in [3.63, 3.8) is 0 Å². The SMILES string of the molecule is Cc1cc(OCC(=O)NCc2nc(-c3cccs3)no2)cc(C)c1Br. The van der Waals surface area contributed by atoms with E-state index in [1.807, 2.05) is 43.5 Å². The minimum absolute atomic E-state index is 0.0770. The van der Waals surface area contributed by atoms with Gasteiger partial charge in [0.15, 0.2) is 6.61 Å². The molecule has 1 N–H and O–H groups in total. The van der Waals surface area contributed by atoms with Gasteiger partial charge in [-0.15, -0.1) is 11.3 Å². The zero-order chi connectivity index (χ0) is 17.8. The van der Waals surface area contributed by atoms with Crippen molar-refractivity contribution in [2.45, 2.75) is 20.4 Å². The Morgan fingerprint density at radius 1 is 1.36 bits per heavy atom. The number of nitrogens with one attached hydrogen (secondary N) is 1. The van der Waals surface area contributed by atoms with Crippen LogP contribution in [0.3, 0.4) is 0 Å². The molecular weight excluding hydrogens is 406 g/mol. The van der Waals surface area contributed by atoms with E-state index >= 15 is 0 Å². The van der Waals surface area contributed by atoms with E-state index in [2.05, 4.69) is 31.4 Å². The number of carbonyl (C=O) groups excluding carboxylic acids is 1. The van der Waals surface area contributed by atoms with E-state index < -0.39 is 0 Å². The molecule has 0 aliphatic carbocycles. The third kappa shape index (κ3) is 4.46. The van der Waals surface area contributed by atoms with Gasteiger partial charge in [-0.05, 0) is 48.6 Å². The summed E-state index contributed by atoms with van der Waals surface area (Å²) < 4.78 is 11.7. The van der Waals surface area contributed by atoms with E-state index in [1.54, 1.807) is 0 Å². The van der Waals surface area contributed by atoms with Crippen LogP contribution in [0.25, 0.3) is 10.7 Å². The molecule has 0 unspecified atom stereocenters. The van der Waals surface area contributed by atoms with Gasteiger partial charge >= 0.3 is 0 Å². The second-order valence-electron chi connectivity index (χ2n) is 5.43. The Kier molecular flexibility index (Phi) is 5.50. The molecule has 0 saturated carbocycles. The Balaban J connectivity index is 1.50.